The van der Waals surface area contributed by atoms with Crippen LogP contribution in [0.5, 0.6) is 5.75 Å². The van der Waals surface area contributed by atoms with Crippen molar-refractivity contribution >= 4 is 58.0 Å². The molecule has 0 spiro atoms. The highest BCUT2D eigenvalue weighted by Crippen LogP contribution is 2.35. The van der Waals surface area contributed by atoms with Gasteiger partial charge in [0.05, 0.1) is 16.1 Å². The summed E-state index contributed by atoms with van der Waals surface area (Å²) in [6.45, 7) is 0. The summed E-state index contributed by atoms with van der Waals surface area (Å²) in [5, 5.41) is 20.2. The number of benzene rings is 2. The Morgan fingerprint density at radius 1 is 1.25 bits per heavy atom. The van der Waals surface area contributed by atoms with E-state index in [4.69, 9.17) is 23.2 Å². The van der Waals surface area contributed by atoms with E-state index < -0.39 is 5.97 Å². The van der Waals surface area contributed by atoms with Crippen LogP contribution in [-0.2, 0) is 4.79 Å². The lowest BCUT2D eigenvalue weighted by Gasteiger charge is -2.05. The first-order valence-corrected chi connectivity index (χ1v) is 8.27. The minimum Gasteiger partial charge on any atom is -0.506 e. The third-order valence-corrected chi connectivity index (χ3v) is 4.53. The molecule has 122 valence electrons. The number of nitrogens with zero attached hydrogens (tertiary/aromatic N) is 1. The third-order valence-electron chi connectivity index (χ3n) is 3.13. The molecule has 0 saturated heterocycles. The number of hydrogen-bond acceptors (Lipinski definition) is 4. The predicted octanol–water partition coefficient (Wildman–Crippen LogP) is 4.79. The topological polar surface area (TPSA) is 86.2 Å². The maximum absolute atomic E-state index is 11.5. The van der Waals surface area contributed by atoms with Crippen molar-refractivity contribution in [2.45, 2.75) is 5.16 Å². The SMILES string of the molecule is O=C(O)/C(=C/c1cc(Cl)cc(Cl)c1O)Sc1nc2ccccc2[nH]1. The summed E-state index contributed by atoms with van der Waals surface area (Å²) >= 11 is 12.7. The monoisotopic (exact) mass is 380 g/mol. The van der Waals surface area contributed by atoms with Gasteiger partial charge in [-0.2, -0.15) is 0 Å². The molecule has 0 fully saturated rings. The van der Waals surface area contributed by atoms with Gasteiger partial charge >= 0.3 is 5.97 Å². The Kier molecular flexibility index (Phi) is 4.71. The van der Waals surface area contributed by atoms with Gasteiger partial charge in [-0.1, -0.05) is 35.3 Å². The zero-order valence-corrected chi connectivity index (χ0v) is 14.3. The van der Waals surface area contributed by atoms with Crippen molar-refractivity contribution in [3.05, 3.63) is 56.9 Å². The molecule has 0 radical (unpaired) electrons. The summed E-state index contributed by atoms with van der Waals surface area (Å²) in [6, 6.07) is 10.2. The number of carboxylic acid groups (broad SMARTS) is 1. The average molecular weight is 381 g/mol. The second-order valence-electron chi connectivity index (χ2n) is 4.80. The normalized spacial score (nSPS) is 11.8. The first kappa shape index (κ1) is 16.7. The molecule has 8 heteroatoms. The zero-order valence-electron chi connectivity index (χ0n) is 12.0. The van der Waals surface area contributed by atoms with Gasteiger partial charge in [-0.3, -0.25) is 0 Å². The Balaban J connectivity index is 1.99. The summed E-state index contributed by atoms with van der Waals surface area (Å²) in [6.07, 6.45) is 1.30. The van der Waals surface area contributed by atoms with Crippen LogP contribution >= 0.6 is 35.0 Å². The molecular formula is C16H10Cl2N2O3S. The van der Waals surface area contributed by atoms with Crippen LogP contribution in [0.3, 0.4) is 0 Å². The smallest absolute Gasteiger partial charge is 0.342 e. The molecule has 3 N–H and O–H groups in total. The Labute approximate surface area is 150 Å². The van der Waals surface area contributed by atoms with Gasteiger partial charge in [0.1, 0.15) is 10.7 Å². The van der Waals surface area contributed by atoms with Crippen molar-refractivity contribution in [2.75, 3.05) is 0 Å². The molecule has 5 nitrogen and oxygen atoms in total. The molecule has 0 aliphatic carbocycles. The molecule has 0 bridgehead atoms. The highest BCUT2D eigenvalue weighted by molar-refractivity contribution is 8.04. The van der Waals surface area contributed by atoms with Gasteiger partial charge in [-0.15, -0.1) is 0 Å². The molecule has 24 heavy (non-hydrogen) atoms. The standard InChI is InChI=1S/C16H10Cl2N2O3S/c17-9-5-8(14(21)10(18)7-9)6-13(15(22)23)24-16-19-11-3-1-2-4-12(11)20-16/h1-7,21H,(H,19,20)(H,22,23)/b13-6-. The summed E-state index contributed by atoms with van der Waals surface area (Å²) in [5.74, 6) is -1.39. The van der Waals surface area contributed by atoms with Crippen LogP contribution in [0.15, 0.2) is 46.5 Å². The van der Waals surface area contributed by atoms with Crippen molar-refractivity contribution in [2.24, 2.45) is 0 Å². The van der Waals surface area contributed by atoms with E-state index in [1.807, 2.05) is 24.3 Å². The van der Waals surface area contributed by atoms with Crippen LogP contribution < -0.4 is 0 Å². The van der Waals surface area contributed by atoms with E-state index in [1.165, 1.54) is 18.2 Å². The summed E-state index contributed by atoms with van der Waals surface area (Å²) < 4.78 is 0. The largest absolute Gasteiger partial charge is 0.506 e. The number of halogens is 2. The lowest BCUT2D eigenvalue weighted by molar-refractivity contribution is -0.131. The van der Waals surface area contributed by atoms with E-state index in [-0.39, 0.29) is 21.2 Å². The molecular weight excluding hydrogens is 371 g/mol. The van der Waals surface area contributed by atoms with Gasteiger partial charge in [0.25, 0.3) is 0 Å². The number of phenolic OH excluding ortho intramolecular Hbond substituents is 1. The van der Waals surface area contributed by atoms with Gasteiger partial charge in [0.2, 0.25) is 0 Å². The van der Waals surface area contributed by atoms with Crippen LogP contribution in [0.25, 0.3) is 17.1 Å². The number of para-hydroxylation sites is 2. The van der Waals surface area contributed by atoms with E-state index in [0.29, 0.717) is 10.2 Å². The van der Waals surface area contributed by atoms with E-state index in [0.717, 1.165) is 22.8 Å². The van der Waals surface area contributed by atoms with Crippen LogP contribution in [0.2, 0.25) is 10.0 Å². The molecule has 0 saturated carbocycles. The Morgan fingerprint density at radius 3 is 2.71 bits per heavy atom. The molecule has 0 amide bonds. The van der Waals surface area contributed by atoms with Crippen molar-refractivity contribution in [3.63, 3.8) is 0 Å². The molecule has 3 aromatic rings. The number of aromatic hydroxyl groups is 1. The van der Waals surface area contributed by atoms with Crippen molar-refractivity contribution in [1.29, 1.82) is 0 Å². The first-order valence-electron chi connectivity index (χ1n) is 6.69. The number of aliphatic carboxylic acids is 1. The number of nitrogens with one attached hydrogen (secondary N) is 1. The lowest BCUT2D eigenvalue weighted by Crippen LogP contribution is -1.97. The van der Waals surface area contributed by atoms with Crippen molar-refractivity contribution < 1.29 is 15.0 Å². The molecule has 0 atom stereocenters. The molecule has 0 aliphatic heterocycles. The summed E-state index contributed by atoms with van der Waals surface area (Å²) in [7, 11) is 0. The molecule has 1 heterocycles. The van der Waals surface area contributed by atoms with Crippen LogP contribution in [0.1, 0.15) is 5.56 Å². The van der Waals surface area contributed by atoms with Crippen LogP contribution in [0.4, 0.5) is 0 Å². The number of imidazole rings is 1. The fourth-order valence-corrected chi connectivity index (χ4v) is 3.35. The maximum atomic E-state index is 11.5. The molecule has 3 rings (SSSR count). The van der Waals surface area contributed by atoms with Gasteiger partial charge in [-0.05, 0) is 42.1 Å². The average Bonchev–Trinajstić information content (AvgIpc) is 2.93. The summed E-state index contributed by atoms with van der Waals surface area (Å²) in [5.41, 5.74) is 1.75. The van der Waals surface area contributed by atoms with Gasteiger partial charge in [-0.25, -0.2) is 9.78 Å². The third kappa shape index (κ3) is 3.51. The first-order chi connectivity index (χ1) is 11.4. The van der Waals surface area contributed by atoms with Crippen molar-refractivity contribution in [1.82, 2.24) is 9.97 Å². The van der Waals surface area contributed by atoms with Gasteiger partial charge < -0.3 is 15.2 Å². The Hall–Kier alpha value is -2.15. The van der Waals surface area contributed by atoms with Gasteiger partial charge in [0, 0.05) is 10.6 Å². The minimum absolute atomic E-state index is 0.0392. The second kappa shape index (κ2) is 6.76. The Bertz CT molecular complexity index is 936. The van der Waals surface area contributed by atoms with Gasteiger partial charge in [0.15, 0.2) is 5.16 Å². The number of fused-ring (bicyclic) bond motifs is 1. The van der Waals surface area contributed by atoms with Crippen LogP contribution in [0, 0.1) is 0 Å². The molecule has 0 aliphatic rings. The minimum atomic E-state index is -1.16. The number of thioether (sulfide) groups is 1. The fraction of sp³-hybridized carbons (Fsp3) is 0. The van der Waals surface area contributed by atoms with E-state index in [1.54, 1.807) is 0 Å². The molecule has 0 unspecified atom stereocenters. The number of aromatic nitrogens is 2. The number of carbonyl (C=O) groups is 1. The lowest BCUT2D eigenvalue weighted by atomic mass is 10.2. The quantitative estimate of drug-likeness (QED) is 0.447. The number of H-pyrrole nitrogens is 1. The van der Waals surface area contributed by atoms with Crippen LogP contribution in [-0.4, -0.2) is 26.2 Å². The van der Waals surface area contributed by atoms with Crippen molar-refractivity contribution in [3.8, 4) is 5.75 Å². The second-order valence-corrected chi connectivity index (χ2v) is 6.67. The number of phenols is 1. The summed E-state index contributed by atoms with van der Waals surface area (Å²) in [4.78, 5) is 18.8. The fourth-order valence-electron chi connectivity index (χ4n) is 2.05. The van der Waals surface area contributed by atoms with E-state index >= 15 is 0 Å². The number of hydrogen-bond donors (Lipinski definition) is 3. The predicted molar refractivity (Wildman–Crippen MR) is 95.7 cm³/mol. The zero-order chi connectivity index (χ0) is 17.3. The Morgan fingerprint density at radius 2 is 2.00 bits per heavy atom. The molecule has 1 aromatic heterocycles. The number of carboxylic acids is 1. The highest BCUT2D eigenvalue weighted by atomic mass is 35.5. The highest BCUT2D eigenvalue weighted by Gasteiger charge is 2.15. The maximum Gasteiger partial charge on any atom is 0.342 e. The number of aromatic amines is 1. The molecule has 2 aromatic carbocycles. The van der Waals surface area contributed by atoms with E-state index in [2.05, 4.69) is 9.97 Å². The van der Waals surface area contributed by atoms with E-state index in [9.17, 15) is 15.0 Å². The number of rotatable bonds is 4.